The van der Waals surface area contributed by atoms with Crippen LogP contribution in [0.15, 0.2) is 24.3 Å². The lowest BCUT2D eigenvalue weighted by atomic mass is 9.98. The third kappa shape index (κ3) is 5.06. The molecule has 132 valence electrons. The quantitative estimate of drug-likeness (QED) is 0.745. The van der Waals surface area contributed by atoms with Gasteiger partial charge in [-0.3, -0.25) is 9.59 Å². The van der Waals surface area contributed by atoms with Gasteiger partial charge in [-0.1, -0.05) is 32.0 Å². The number of benzene rings is 1. The van der Waals surface area contributed by atoms with Crippen molar-refractivity contribution in [1.82, 2.24) is 16.0 Å². The number of nitrogens with one attached hydrogen (secondary N) is 3. The molecular formula is C19H29N3O2. The van der Waals surface area contributed by atoms with Crippen LogP contribution in [0, 0.1) is 18.8 Å². The van der Waals surface area contributed by atoms with E-state index in [1.54, 1.807) is 6.07 Å². The summed E-state index contributed by atoms with van der Waals surface area (Å²) in [6, 6.07) is 6.90. The number of amides is 2. The molecule has 1 aromatic carbocycles. The van der Waals surface area contributed by atoms with Crippen LogP contribution >= 0.6 is 0 Å². The fourth-order valence-corrected chi connectivity index (χ4v) is 3.03. The van der Waals surface area contributed by atoms with Crippen molar-refractivity contribution in [2.24, 2.45) is 11.8 Å². The van der Waals surface area contributed by atoms with E-state index in [9.17, 15) is 9.59 Å². The molecule has 5 heteroatoms. The number of rotatable bonds is 6. The molecule has 24 heavy (non-hydrogen) atoms. The fraction of sp³-hybridized carbons (Fsp3) is 0.579. The lowest BCUT2D eigenvalue weighted by molar-refractivity contribution is -0.124. The molecule has 0 radical (unpaired) electrons. The Balaban J connectivity index is 1.94. The van der Waals surface area contributed by atoms with Gasteiger partial charge in [0.15, 0.2) is 0 Å². The molecule has 1 saturated heterocycles. The lowest BCUT2D eigenvalue weighted by Gasteiger charge is -2.26. The van der Waals surface area contributed by atoms with Crippen molar-refractivity contribution in [3.63, 3.8) is 0 Å². The van der Waals surface area contributed by atoms with E-state index in [0.29, 0.717) is 18.0 Å². The van der Waals surface area contributed by atoms with Crippen molar-refractivity contribution in [3.05, 3.63) is 35.4 Å². The number of hydrogen-bond donors (Lipinski definition) is 3. The molecule has 0 bridgehead atoms. The van der Waals surface area contributed by atoms with Gasteiger partial charge in [-0.15, -0.1) is 0 Å². The maximum Gasteiger partial charge on any atom is 0.252 e. The maximum atomic E-state index is 12.5. The van der Waals surface area contributed by atoms with E-state index < -0.39 is 6.04 Å². The molecule has 0 saturated carbocycles. The van der Waals surface area contributed by atoms with Crippen molar-refractivity contribution in [2.45, 2.75) is 39.7 Å². The Bertz CT molecular complexity index is 565. The van der Waals surface area contributed by atoms with E-state index in [1.165, 1.54) is 0 Å². The van der Waals surface area contributed by atoms with Crippen LogP contribution in [0.3, 0.4) is 0 Å². The van der Waals surface area contributed by atoms with E-state index in [2.05, 4.69) is 16.0 Å². The molecule has 2 rings (SSSR count). The molecule has 2 unspecified atom stereocenters. The van der Waals surface area contributed by atoms with E-state index in [1.807, 2.05) is 39.0 Å². The first-order chi connectivity index (χ1) is 11.5. The Kier molecular flexibility index (Phi) is 6.79. The molecule has 0 spiro atoms. The Labute approximate surface area is 144 Å². The van der Waals surface area contributed by atoms with E-state index in [4.69, 9.17) is 0 Å². The SMILES string of the molecule is Cc1ccccc1C(=O)NC(C(=O)NCC1CCCNC1)C(C)C. The van der Waals surface area contributed by atoms with Gasteiger partial charge in [0.25, 0.3) is 5.91 Å². The standard InChI is InChI=1S/C19H29N3O2/c1-13(2)17(19(24)21-12-15-8-6-10-20-11-15)22-18(23)16-9-5-4-7-14(16)3/h4-5,7,9,13,15,17,20H,6,8,10-12H2,1-3H3,(H,21,24)(H,22,23). The summed E-state index contributed by atoms with van der Waals surface area (Å²) in [6.07, 6.45) is 2.29. The van der Waals surface area contributed by atoms with Crippen LogP contribution in [0.2, 0.25) is 0 Å². The van der Waals surface area contributed by atoms with E-state index in [-0.39, 0.29) is 17.7 Å². The smallest absolute Gasteiger partial charge is 0.252 e. The molecule has 0 aliphatic carbocycles. The van der Waals surface area contributed by atoms with Gasteiger partial charge in [-0.05, 0) is 56.3 Å². The minimum absolute atomic E-state index is 0.0300. The number of carbonyl (C=O) groups excluding carboxylic acids is 2. The number of hydrogen-bond acceptors (Lipinski definition) is 3. The zero-order chi connectivity index (χ0) is 17.5. The summed E-state index contributed by atoms with van der Waals surface area (Å²) >= 11 is 0. The highest BCUT2D eigenvalue weighted by Gasteiger charge is 2.25. The van der Waals surface area contributed by atoms with Gasteiger partial charge in [0.05, 0.1) is 0 Å². The summed E-state index contributed by atoms with van der Waals surface area (Å²) in [7, 11) is 0. The zero-order valence-corrected chi connectivity index (χ0v) is 14.9. The molecule has 5 nitrogen and oxygen atoms in total. The van der Waals surface area contributed by atoms with Crippen molar-refractivity contribution >= 4 is 11.8 Å². The van der Waals surface area contributed by atoms with Crippen molar-refractivity contribution in [1.29, 1.82) is 0 Å². The Morgan fingerprint density at radius 3 is 2.67 bits per heavy atom. The van der Waals surface area contributed by atoms with Gasteiger partial charge in [0, 0.05) is 12.1 Å². The largest absolute Gasteiger partial charge is 0.354 e. The van der Waals surface area contributed by atoms with Gasteiger partial charge >= 0.3 is 0 Å². The third-order valence-electron chi connectivity index (χ3n) is 4.59. The second-order valence-corrected chi connectivity index (χ2v) is 6.97. The van der Waals surface area contributed by atoms with Gasteiger partial charge in [-0.2, -0.15) is 0 Å². The molecule has 1 heterocycles. The third-order valence-corrected chi connectivity index (χ3v) is 4.59. The van der Waals surface area contributed by atoms with Crippen LogP contribution in [0.25, 0.3) is 0 Å². The van der Waals surface area contributed by atoms with Crippen LogP contribution < -0.4 is 16.0 Å². The van der Waals surface area contributed by atoms with Crippen molar-refractivity contribution in [3.8, 4) is 0 Å². The predicted molar refractivity (Wildman–Crippen MR) is 95.9 cm³/mol. The predicted octanol–water partition coefficient (Wildman–Crippen LogP) is 1.87. The summed E-state index contributed by atoms with van der Waals surface area (Å²) < 4.78 is 0. The van der Waals surface area contributed by atoms with Gasteiger partial charge in [0.1, 0.15) is 6.04 Å². The minimum atomic E-state index is -0.520. The second-order valence-electron chi connectivity index (χ2n) is 6.97. The van der Waals surface area contributed by atoms with Gasteiger partial charge < -0.3 is 16.0 Å². The number of aryl methyl sites for hydroxylation is 1. The highest BCUT2D eigenvalue weighted by atomic mass is 16.2. The molecule has 1 aliphatic rings. The van der Waals surface area contributed by atoms with Crippen LogP contribution in [-0.4, -0.2) is 37.5 Å². The maximum absolute atomic E-state index is 12.5. The molecule has 1 fully saturated rings. The molecule has 3 N–H and O–H groups in total. The van der Waals surface area contributed by atoms with Crippen LogP contribution in [0.1, 0.15) is 42.6 Å². The number of piperidine rings is 1. The summed E-state index contributed by atoms with van der Waals surface area (Å²) in [5.41, 5.74) is 1.53. The van der Waals surface area contributed by atoms with E-state index in [0.717, 1.165) is 31.5 Å². The molecular weight excluding hydrogens is 302 g/mol. The lowest BCUT2D eigenvalue weighted by Crippen LogP contribution is -2.51. The topological polar surface area (TPSA) is 70.2 Å². The van der Waals surface area contributed by atoms with E-state index >= 15 is 0 Å². The van der Waals surface area contributed by atoms with Gasteiger partial charge in [-0.25, -0.2) is 0 Å². The fourth-order valence-electron chi connectivity index (χ4n) is 3.03. The van der Waals surface area contributed by atoms with Crippen LogP contribution in [-0.2, 0) is 4.79 Å². The highest BCUT2D eigenvalue weighted by molar-refractivity contribution is 5.98. The second kappa shape index (κ2) is 8.83. The monoisotopic (exact) mass is 331 g/mol. The zero-order valence-electron chi connectivity index (χ0n) is 14.9. The average molecular weight is 331 g/mol. The Hall–Kier alpha value is -1.88. The molecule has 1 aromatic rings. The average Bonchev–Trinajstić information content (AvgIpc) is 2.58. The molecule has 0 aromatic heterocycles. The van der Waals surface area contributed by atoms with Crippen LogP contribution in [0.4, 0.5) is 0 Å². The Morgan fingerprint density at radius 2 is 2.04 bits per heavy atom. The normalized spacial score (nSPS) is 18.9. The van der Waals surface area contributed by atoms with Crippen molar-refractivity contribution < 1.29 is 9.59 Å². The first-order valence-corrected chi connectivity index (χ1v) is 8.84. The summed E-state index contributed by atoms with van der Waals surface area (Å²) in [5.74, 6) is 0.212. The molecule has 2 atom stereocenters. The summed E-state index contributed by atoms with van der Waals surface area (Å²) in [4.78, 5) is 25.0. The Morgan fingerprint density at radius 1 is 1.29 bits per heavy atom. The summed E-state index contributed by atoms with van der Waals surface area (Å²) in [5, 5.41) is 9.26. The van der Waals surface area contributed by atoms with Crippen LogP contribution in [0.5, 0.6) is 0 Å². The summed E-state index contributed by atoms with van der Waals surface area (Å²) in [6.45, 7) is 8.47. The van der Waals surface area contributed by atoms with Gasteiger partial charge in [0.2, 0.25) is 5.91 Å². The first-order valence-electron chi connectivity index (χ1n) is 8.84. The molecule has 2 amide bonds. The molecule has 1 aliphatic heterocycles. The first kappa shape index (κ1) is 18.5. The minimum Gasteiger partial charge on any atom is -0.354 e. The highest BCUT2D eigenvalue weighted by Crippen LogP contribution is 2.11. The number of carbonyl (C=O) groups is 2. The van der Waals surface area contributed by atoms with Crippen molar-refractivity contribution in [2.75, 3.05) is 19.6 Å².